The first-order chi connectivity index (χ1) is 21.1. The molecule has 6 rings (SSSR count). The van der Waals surface area contributed by atoms with E-state index >= 15 is 0 Å². The van der Waals surface area contributed by atoms with Crippen molar-refractivity contribution < 1.29 is 9.59 Å². The van der Waals surface area contributed by atoms with Gasteiger partial charge in [0.25, 0.3) is 11.5 Å². The Bertz CT molecular complexity index is 1700. The van der Waals surface area contributed by atoms with E-state index in [4.69, 9.17) is 0 Å². The second-order valence-electron chi connectivity index (χ2n) is 11.6. The van der Waals surface area contributed by atoms with Gasteiger partial charge in [0.2, 0.25) is 5.91 Å². The molecule has 44 heavy (non-hydrogen) atoms. The lowest BCUT2D eigenvalue weighted by Crippen LogP contribution is -2.46. The number of hydrogen-bond donors (Lipinski definition) is 2. The fourth-order valence-corrected chi connectivity index (χ4v) is 6.45. The summed E-state index contributed by atoms with van der Waals surface area (Å²) in [6, 6.07) is 15.6. The van der Waals surface area contributed by atoms with Crippen LogP contribution in [0.25, 0.3) is 11.3 Å². The number of carbonyl (C=O) groups is 2. The second kappa shape index (κ2) is 13.6. The van der Waals surface area contributed by atoms with Gasteiger partial charge in [-0.3, -0.25) is 19.3 Å². The van der Waals surface area contributed by atoms with Gasteiger partial charge in [-0.1, -0.05) is 29.8 Å². The molecule has 3 heterocycles. The summed E-state index contributed by atoms with van der Waals surface area (Å²) in [6.45, 7) is 6.43. The third-order valence-electron chi connectivity index (χ3n) is 8.11. The van der Waals surface area contributed by atoms with E-state index in [2.05, 4.69) is 15.6 Å². The summed E-state index contributed by atoms with van der Waals surface area (Å²) in [5, 5.41) is 6.24. The summed E-state index contributed by atoms with van der Waals surface area (Å²) in [6.07, 6.45) is 6.25. The lowest BCUT2D eigenvalue weighted by atomic mass is 9.99. The molecule has 4 aromatic rings. The van der Waals surface area contributed by atoms with Crippen molar-refractivity contribution in [3.63, 3.8) is 0 Å². The Hall–Kier alpha value is -4.28. The zero-order valence-electron chi connectivity index (χ0n) is 26.1. The van der Waals surface area contributed by atoms with Gasteiger partial charge in [-0.25, -0.2) is 4.98 Å². The minimum absolute atomic E-state index is 0.0835. The van der Waals surface area contributed by atoms with E-state index < -0.39 is 0 Å². The van der Waals surface area contributed by atoms with Gasteiger partial charge in [-0.2, -0.15) is 0 Å². The number of anilines is 3. The van der Waals surface area contributed by atoms with Crippen LogP contribution in [0.3, 0.4) is 0 Å². The van der Waals surface area contributed by atoms with Crippen LogP contribution in [-0.4, -0.2) is 64.9 Å². The molecule has 230 valence electrons. The lowest BCUT2D eigenvalue weighted by molar-refractivity contribution is -0.133. The summed E-state index contributed by atoms with van der Waals surface area (Å²) in [7, 11) is 5.52. The number of nitrogens with one attached hydrogen (secondary N) is 2. The Morgan fingerprint density at radius 2 is 1.70 bits per heavy atom. The van der Waals surface area contributed by atoms with E-state index in [9.17, 15) is 14.4 Å². The zero-order chi connectivity index (χ0) is 31.4. The summed E-state index contributed by atoms with van der Waals surface area (Å²) < 4.78 is 1.53. The fraction of sp³-hybridized carbons (Fsp3) is 0.353. The Morgan fingerprint density at radius 1 is 0.955 bits per heavy atom. The van der Waals surface area contributed by atoms with Crippen LogP contribution in [0, 0.1) is 13.8 Å². The topological polar surface area (TPSA) is 99.6 Å². The van der Waals surface area contributed by atoms with E-state index in [1.165, 1.54) is 27.8 Å². The van der Waals surface area contributed by atoms with Gasteiger partial charge < -0.3 is 20.1 Å². The number of hydrogen-bond acceptors (Lipinski definition) is 7. The van der Waals surface area contributed by atoms with Crippen molar-refractivity contribution in [2.24, 2.45) is 7.05 Å². The van der Waals surface area contributed by atoms with E-state index in [0.29, 0.717) is 12.2 Å². The number of thiophene rings is 1. The molecular weight excluding hydrogens is 572 g/mol. The molecule has 0 spiro atoms. The van der Waals surface area contributed by atoms with E-state index in [1.54, 1.807) is 29.5 Å². The van der Waals surface area contributed by atoms with Crippen molar-refractivity contribution in [1.82, 2.24) is 19.4 Å². The number of aromatic nitrogens is 2. The maximum Gasteiger partial charge on any atom is 0.293 e. The van der Waals surface area contributed by atoms with Gasteiger partial charge in [-0.15, -0.1) is 11.3 Å². The quantitative estimate of drug-likeness (QED) is 0.314. The van der Waals surface area contributed by atoms with Gasteiger partial charge in [0, 0.05) is 55.2 Å². The molecule has 0 atom stereocenters. The number of carbonyl (C=O) groups excluding carboxylic acids is 2. The maximum absolute atomic E-state index is 13.0. The van der Waals surface area contributed by atoms with Crippen LogP contribution in [0.4, 0.5) is 17.2 Å². The van der Waals surface area contributed by atoms with Gasteiger partial charge in [0.05, 0.1) is 17.1 Å². The molecule has 2 aliphatic rings. The van der Waals surface area contributed by atoms with Crippen molar-refractivity contribution in [2.75, 3.05) is 44.4 Å². The minimum atomic E-state index is -0.210. The van der Waals surface area contributed by atoms with Crippen LogP contribution in [0.5, 0.6) is 0 Å². The van der Waals surface area contributed by atoms with Crippen molar-refractivity contribution in [3.05, 3.63) is 91.5 Å². The average Bonchev–Trinajstić information content (AvgIpc) is 3.45. The van der Waals surface area contributed by atoms with E-state index in [1.807, 2.05) is 81.4 Å². The first-order valence-corrected chi connectivity index (χ1v) is 15.8. The largest absolute Gasteiger partial charge is 0.343 e. The van der Waals surface area contributed by atoms with Crippen LogP contribution in [0.1, 0.15) is 44.1 Å². The number of amides is 2. The van der Waals surface area contributed by atoms with Gasteiger partial charge in [0.1, 0.15) is 0 Å². The molecule has 1 saturated heterocycles. The molecule has 2 aromatic heterocycles. The van der Waals surface area contributed by atoms with Crippen molar-refractivity contribution in [2.45, 2.75) is 39.5 Å². The first kappa shape index (κ1) is 31.2. The zero-order valence-corrected chi connectivity index (χ0v) is 26.9. The molecule has 2 N–H and O–H groups in total. The molecular formula is C34H40N6O3S. The molecule has 1 aliphatic carbocycles. The normalized spacial score (nSPS) is 14.8. The maximum atomic E-state index is 13.0. The highest BCUT2D eigenvalue weighted by Crippen LogP contribution is 2.32. The highest BCUT2D eigenvalue weighted by molar-refractivity contribution is 7.14. The molecule has 0 bridgehead atoms. The standard InChI is InChI=1S/C28H28N4O2S.C6H12N2O/c1-17-11-13-20(14-12-17)29-26-28(34)32(3)16-23(30-26)21-8-6-9-22(18(21)2)31-27(33)25-15-19-7-4-5-10-24(19)35-25;1-7-3-4-8(2)6(9)5-7/h6,8-9,11-16H,4-5,7,10H2,1-3H3,(H,29,30)(H,31,33);3-5H2,1-2H3. The molecule has 1 fully saturated rings. The van der Waals surface area contributed by atoms with Crippen LogP contribution >= 0.6 is 11.3 Å². The Balaban J connectivity index is 0.000000367. The van der Waals surface area contributed by atoms with Crippen LogP contribution in [-0.2, 0) is 24.7 Å². The SMILES string of the molecule is CN1CCN(C)C(=O)C1.Cc1ccc(Nc2nc(-c3cccc(NC(=O)c4cc5c(s4)CCCC5)c3C)cn(C)c2=O)cc1. The number of benzene rings is 2. The molecule has 9 nitrogen and oxygen atoms in total. The molecule has 0 unspecified atom stereocenters. The first-order valence-electron chi connectivity index (χ1n) is 15.0. The molecule has 0 saturated carbocycles. The highest BCUT2D eigenvalue weighted by Gasteiger charge is 2.19. The van der Waals surface area contributed by atoms with Crippen LogP contribution in [0.15, 0.2) is 59.5 Å². The number of likely N-dealkylation sites (N-methyl/N-ethyl adjacent to an activating group) is 2. The molecule has 1 aliphatic heterocycles. The van der Waals surface area contributed by atoms with E-state index in [-0.39, 0.29) is 23.2 Å². The number of nitrogens with zero attached hydrogens (tertiary/aromatic N) is 4. The van der Waals surface area contributed by atoms with Crippen molar-refractivity contribution >= 4 is 40.3 Å². The third kappa shape index (κ3) is 7.26. The Labute approximate surface area is 262 Å². The van der Waals surface area contributed by atoms with Gasteiger partial charge in [-0.05, 0) is 82.0 Å². The van der Waals surface area contributed by atoms with Crippen LogP contribution in [0.2, 0.25) is 0 Å². The molecule has 2 aromatic carbocycles. The highest BCUT2D eigenvalue weighted by atomic mass is 32.1. The summed E-state index contributed by atoms with van der Waals surface area (Å²) in [5.41, 5.74) is 6.20. The second-order valence-corrected chi connectivity index (χ2v) is 12.8. The minimum Gasteiger partial charge on any atom is -0.343 e. The summed E-state index contributed by atoms with van der Waals surface area (Å²) >= 11 is 1.61. The predicted molar refractivity (Wildman–Crippen MR) is 178 cm³/mol. The van der Waals surface area contributed by atoms with Gasteiger partial charge in [0.15, 0.2) is 5.82 Å². The monoisotopic (exact) mass is 612 g/mol. The smallest absolute Gasteiger partial charge is 0.293 e. The van der Waals surface area contributed by atoms with Crippen LogP contribution < -0.4 is 16.2 Å². The molecule has 10 heteroatoms. The predicted octanol–water partition coefficient (Wildman–Crippen LogP) is 5.39. The van der Waals surface area contributed by atoms with Crippen molar-refractivity contribution in [1.29, 1.82) is 0 Å². The van der Waals surface area contributed by atoms with E-state index in [0.717, 1.165) is 58.9 Å². The number of aryl methyl sites for hydroxylation is 4. The third-order valence-corrected chi connectivity index (χ3v) is 9.35. The average molecular weight is 613 g/mol. The summed E-state index contributed by atoms with van der Waals surface area (Å²) in [4.78, 5) is 47.2. The fourth-order valence-electron chi connectivity index (χ4n) is 5.30. The lowest BCUT2D eigenvalue weighted by Gasteiger charge is -2.28. The Kier molecular flexibility index (Phi) is 9.61. The molecule has 2 amide bonds. The number of rotatable bonds is 5. The number of piperazine rings is 1. The summed E-state index contributed by atoms with van der Waals surface area (Å²) in [5.74, 6) is 0.399. The molecule has 0 radical (unpaired) electrons. The van der Waals surface area contributed by atoms with Crippen molar-refractivity contribution in [3.8, 4) is 11.3 Å². The Morgan fingerprint density at radius 3 is 2.41 bits per heavy atom. The van der Waals surface area contributed by atoms with Gasteiger partial charge >= 0.3 is 0 Å². The number of fused-ring (bicyclic) bond motifs is 1.